The van der Waals surface area contributed by atoms with E-state index in [1.54, 1.807) is 12.3 Å². The molecule has 2 aliphatic rings. The molecular weight excluding hydrogens is 697 g/mol. The minimum Gasteiger partial charge on any atom is -0.507 e. The molecule has 11 rings (SSSR count). The van der Waals surface area contributed by atoms with Crippen molar-refractivity contribution in [1.29, 1.82) is 0 Å². The Morgan fingerprint density at radius 1 is 0.456 bits per heavy atom. The fraction of sp³-hybridized carbons (Fsp3) is 0.0943. The third kappa shape index (κ3) is 6.02. The second kappa shape index (κ2) is 13.3. The maximum atomic E-state index is 11.2. The molecule has 0 atom stereocenters. The lowest BCUT2D eigenvalue weighted by Gasteiger charge is -2.21. The summed E-state index contributed by atoms with van der Waals surface area (Å²) in [4.78, 5) is 9.68. The number of phenolic OH excluding ortho intramolecular Hbond substituents is 1. The van der Waals surface area contributed by atoms with E-state index in [1.165, 1.54) is 38.9 Å². The summed E-state index contributed by atoms with van der Waals surface area (Å²) < 4.78 is 6.71. The van der Waals surface area contributed by atoms with Gasteiger partial charge in [0.15, 0.2) is 0 Å². The predicted molar refractivity (Wildman–Crippen MR) is 231 cm³/mol. The highest BCUT2D eigenvalue weighted by Gasteiger charge is 2.41. The first kappa shape index (κ1) is 33.3. The number of aromatic nitrogens is 2. The van der Waals surface area contributed by atoms with Crippen LogP contribution in [0.25, 0.3) is 66.3 Å². The Balaban J connectivity index is 0.932. The van der Waals surface area contributed by atoms with Crippen molar-refractivity contribution in [3.05, 3.63) is 198 Å². The average Bonchev–Trinajstić information content (AvgIpc) is 3.81. The summed E-state index contributed by atoms with van der Waals surface area (Å²) in [7, 11) is 0. The van der Waals surface area contributed by atoms with Crippen molar-refractivity contribution < 1.29 is 9.84 Å². The smallest absolute Gasteiger partial charge is 0.227 e. The van der Waals surface area contributed by atoms with E-state index < -0.39 is 0 Å². The van der Waals surface area contributed by atoms with Gasteiger partial charge in [-0.25, -0.2) is 4.98 Å². The van der Waals surface area contributed by atoms with Crippen molar-refractivity contribution in [2.45, 2.75) is 25.7 Å². The van der Waals surface area contributed by atoms with Crippen LogP contribution < -0.4 is 4.74 Å². The highest BCUT2D eigenvalue weighted by atomic mass is 16.5. The molecule has 0 unspecified atom stereocenters. The van der Waals surface area contributed by atoms with Gasteiger partial charge in [-0.1, -0.05) is 115 Å². The SMILES string of the molecule is Oc1ccc(-c2ccc3c(c2)CC2(Cc4ccccc4C2)C3)cc1-c1cccc(Oc2nc(-c3ccccn3)cc3c2ccc2cc(-c4ccccc4)ccc23)c1. The van der Waals surface area contributed by atoms with Crippen LogP contribution in [0.4, 0.5) is 0 Å². The van der Waals surface area contributed by atoms with E-state index in [0.717, 1.165) is 75.3 Å². The number of fused-ring (bicyclic) bond motifs is 5. The first-order chi connectivity index (χ1) is 28.0. The van der Waals surface area contributed by atoms with Crippen molar-refractivity contribution in [3.63, 3.8) is 0 Å². The van der Waals surface area contributed by atoms with Gasteiger partial charge in [-0.2, -0.15) is 0 Å². The molecule has 2 heterocycles. The van der Waals surface area contributed by atoms with Crippen LogP contribution in [0.3, 0.4) is 0 Å². The van der Waals surface area contributed by atoms with Crippen LogP contribution in [0.1, 0.15) is 22.3 Å². The van der Waals surface area contributed by atoms with E-state index >= 15 is 0 Å². The highest BCUT2D eigenvalue weighted by Crippen LogP contribution is 2.48. The number of ether oxygens (including phenoxy) is 1. The molecule has 4 nitrogen and oxygen atoms in total. The van der Waals surface area contributed by atoms with Gasteiger partial charge in [0.1, 0.15) is 11.5 Å². The maximum absolute atomic E-state index is 11.2. The first-order valence-corrected chi connectivity index (χ1v) is 19.7. The van der Waals surface area contributed by atoms with Crippen LogP contribution in [-0.4, -0.2) is 15.1 Å². The van der Waals surface area contributed by atoms with Crippen molar-refractivity contribution in [1.82, 2.24) is 9.97 Å². The zero-order chi connectivity index (χ0) is 37.9. The van der Waals surface area contributed by atoms with Gasteiger partial charge in [-0.15, -0.1) is 0 Å². The number of rotatable bonds is 6. The van der Waals surface area contributed by atoms with Crippen LogP contribution in [0.15, 0.2) is 176 Å². The fourth-order valence-electron chi connectivity index (χ4n) is 9.39. The van der Waals surface area contributed by atoms with Crippen molar-refractivity contribution in [2.24, 2.45) is 5.41 Å². The monoisotopic (exact) mass is 734 g/mol. The molecule has 0 aliphatic heterocycles. The van der Waals surface area contributed by atoms with Crippen molar-refractivity contribution in [3.8, 4) is 62.1 Å². The fourth-order valence-corrected chi connectivity index (χ4v) is 9.39. The highest BCUT2D eigenvalue weighted by molar-refractivity contribution is 6.10. The molecule has 4 heteroatoms. The molecule has 9 aromatic rings. The molecule has 2 aliphatic carbocycles. The minimum absolute atomic E-state index is 0.224. The van der Waals surface area contributed by atoms with Crippen molar-refractivity contribution in [2.75, 3.05) is 0 Å². The summed E-state index contributed by atoms with van der Waals surface area (Å²) in [5.74, 6) is 1.35. The molecule has 0 amide bonds. The van der Waals surface area contributed by atoms with Gasteiger partial charge in [0.05, 0.1) is 11.4 Å². The Bertz CT molecular complexity index is 2980. The zero-order valence-corrected chi connectivity index (χ0v) is 31.3. The minimum atomic E-state index is 0.224. The molecule has 1 spiro atoms. The Labute approximate surface area is 331 Å². The number of pyridine rings is 2. The molecule has 0 fully saturated rings. The molecule has 2 aromatic heterocycles. The van der Waals surface area contributed by atoms with Gasteiger partial charge in [-0.05, 0) is 152 Å². The number of nitrogens with zero attached hydrogens (tertiary/aromatic N) is 2. The van der Waals surface area contributed by atoms with Gasteiger partial charge >= 0.3 is 0 Å². The second-order valence-electron chi connectivity index (χ2n) is 15.8. The Morgan fingerprint density at radius 2 is 1.14 bits per heavy atom. The molecule has 272 valence electrons. The number of benzene rings is 7. The number of phenols is 1. The summed E-state index contributed by atoms with van der Waals surface area (Å²) >= 11 is 0. The molecule has 57 heavy (non-hydrogen) atoms. The molecule has 0 bridgehead atoms. The van der Waals surface area contributed by atoms with Gasteiger partial charge < -0.3 is 9.84 Å². The molecular formula is C53H38N2O2. The summed E-state index contributed by atoms with van der Waals surface area (Å²) in [5.41, 5.74) is 13.9. The average molecular weight is 735 g/mol. The lowest BCUT2D eigenvalue weighted by molar-refractivity contribution is 0.326. The molecule has 0 saturated heterocycles. The summed E-state index contributed by atoms with van der Waals surface area (Å²) in [6, 6.07) is 59.0. The maximum Gasteiger partial charge on any atom is 0.227 e. The third-order valence-corrected chi connectivity index (χ3v) is 12.1. The first-order valence-electron chi connectivity index (χ1n) is 19.7. The largest absolute Gasteiger partial charge is 0.507 e. The molecule has 1 N–H and O–H groups in total. The van der Waals surface area contributed by atoms with Gasteiger partial charge in [-0.3, -0.25) is 4.98 Å². The van der Waals surface area contributed by atoms with Gasteiger partial charge in [0, 0.05) is 17.1 Å². The third-order valence-electron chi connectivity index (χ3n) is 12.1. The summed E-state index contributed by atoms with van der Waals surface area (Å²) in [6.07, 6.45) is 6.32. The summed E-state index contributed by atoms with van der Waals surface area (Å²) in [5, 5.41) is 15.4. The number of aromatic hydroxyl groups is 1. The normalized spacial score (nSPS) is 13.9. The van der Waals surface area contributed by atoms with E-state index in [4.69, 9.17) is 9.72 Å². The number of hydrogen-bond acceptors (Lipinski definition) is 4. The van der Waals surface area contributed by atoms with E-state index in [2.05, 4.69) is 114 Å². The van der Waals surface area contributed by atoms with E-state index in [9.17, 15) is 5.11 Å². The topological polar surface area (TPSA) is 55.2 Å². The Hall–Kier alpha value is -7.04. The Kier molecular flexibility index (Phi) is 7.78. The number of hydrogen-bond donors (Lipinski definition) is 1. The van der Waals surface area contributed by atoms with Crippen LogP contribution >= 0.6 is 0 Å². The Morgan fingerprint density at radius 3 is 1.96 bits per heavy atom. The van der Waals surface area contributed by atoms with E-state index in [1.807, 2.05) is 54.6 Å². The van der Waals surface area contributed by atoms with E-state index in [0.29, 0.717) is 17.0 Å². The van der Waals surface area contributed by atoms with Gasteiger partial charge in [0.25, 0.3) is 0 Å². The molecule has 0 radical (unpaired) electrons. The summed E-state index contributed by atoms with van der Waals surface area (Å²) in [6.45, 7) is 0. The van der Waals surface area contributed by atoms with Crippen LogP contribution in [0.5, 0.6) is 17.4 Å². The van der Waals surface area contributed by atoms with E-state index in [-0.39, 0.29) is 5.75 Å². The standard InChI is InChI=1S/C53H38N2O2/c56-51-23-20-37(36-16-17-42-32-53(33-43(42)26-36)30-40-11-4-5-12-41(40)31-53)28-47(51)38-13-8-14-44(27-38)57-52-46-22-19-39-25-35(34-9-2-1-3-10-34)18-21-45(39)48(46)29-50(55-52)49-15-6-7-24-54-49/h1-29,56H,30-33H2. The van der Waals surface area contributed by atoms with Crippen LogP contribution in [0, 0.1) is 5.41 Å². The van der Waals surface area contributed by atoms with Crippen molar-refractivity contribution >= 4 is 21.5 Å². The predicted octanol–water partition coefficient (Wildman–Crippen LogP) is 12.8. The van der Waals surface area contributed by atoms with Crippen LogP contribution in [0.2, 0.25) is 0 Å². The molecule has 7 aromatic carbocycles. The quantitative estimate of drug-likeness (QED) is 0.173. The second-order valence-corrected chi connectivity index (χ2v) is 15.8. The van der Waals surface area contributed by atoms with Gasteiger partial charge in [0.2, 0.25) is 5.88 Å². The molecule has 0 saturated carbocycles. The lowest BCUT2D eigenvalue weighted by atomic mass is 9.82. The lowest BCUT2D eigenvalue weighted by Crippen LogP contribution is -2.21. The zero-order valence-electron chi connectivity index (χ0n) is 31.3. The van der Waals surface area contributed by atoms with Crippen LogP contribution in [-0.2, 0) is 25.7 Å².